The van der Waals surface area contributed by atoms with Gasteiger partial charge in [0.15, 0.2) is 16.5 Å². The summed E-state index contributed by atoms with van der Waals surface area (Å²) in [5.41, 5.74) is 0.539. The second-order valence-electron chi connectivity index (χ2n) is 5.47. The number of alkyl halides is 3. The van der Waals surface area contributed by atoms with E-state index in [2.05, 4.69) is 25.0 Å². The number of nitrogens with zero attached hydrogens (tertiary/aromatic N) is 4. The maximum Gasteiger partial charge on any atom is 0.573 e. The largest absolute Gasteiger partial charge is 0.573 e. The van der Waals surface area contributed by atoms with E-state index in [1.165, 1.54) is 46.3 Å². The summed E-state index contributed by atoms with van der Waals surface area (Å²) in [6, 6.07) is 5.64. The number of fused-ring (bicyclic) bond motifs is 1. The van der Waals surface area contributed by atoms with Gasteiger partial charge in [-0.2, -0.15) is 0 Å². The molecule has 4 rings (SSSR count). The molecular weight excluding hydrogens is 395 g/mol. The van der Waals surface area contributed by atoms with Gasteiger partial charge in [0.1, 0.15) is 5.75 Å². The van der Waals surface area contributed by atoms with Gasteiger partial charge >= 0.3 is 6.36 Å². The summed E-state index contributed by atoms with van der Waals surface area (Å²) < 4.78 is 43.6. The molecule has 1 N–H and O–H groups in total. The lowest BCUT2D eigenvalue weighted by Gasteiger charge is -2.11. The van der Waals surface area contributed by atoms with Crippen molar-refractivity contribution in [3.05, 3.63) is 60.1 Å². The second kappa shape index (κ2) is 6.93. The average molecular weight is 405 g/mol. The highest BCUT2D eigenvalue weighted by Gasteiger charge is 2.32. The summed E-state index contributed by atoms with van der Waals surface area (Å²) in [5, 5.41) is 4.70. The van der Waals surface area contributed by atoms with Crippen LogP contribution in [0.15, 0.2) is 54.4 Å². The standard InChI is InChI=1S/C17H10F3N5O2S/c18-17(19,20)27-12-4-2-1-3-10(12)11-9-25-7-5-21-13(14(25)23-11)15(26)24-16-22-6-8-28-16/h1-9H,(H,22,24,26). The first-order valence-electron chi connectivity index (χ1n) is 7.80. The zero-order valence-electron chi connectivity index (χ0n) is 13.8. The van der Waals surface area contributed by atoms with Crippen molar-refractivity contribution >= 4 is 28.0 Å². The molecule has 11 heteroatoms. The average Bonchev–Trinajstić information content (AvgIpc) is 3.29. The Morgan fingerprint density at radius 3 is 2.75 bits per heavy atom. The highest BCUT2D eigenvalue weighted by atomic mass is 32.1. The Morgan fingerprint density at radius 1 is 1.18 bits per heavy atom. The predicted molar refractivity (Wildman–Crippen MR) is 95.2 cm³/mol. The van der Waals surface area contributed by atoms with Crippen molar-refractivity contribution in [2.75, 3.05) is 5.32 Å². The van der Waals surface area contributed by atoms with Gasteiger partial charge in [0.2, 0.25) is 0 Å². The predicted octanol–water partition coefficient (Wildman–Crippen LogP) is 4.00. The Bertz CT molecular complexity index is 1140. The SMILES string of the molecule is O=C(Nc1nccs1)c1nccn2cc(-c3ccccc3OC(F)(F)F)nc12. The van der Waals surface area contributed by atoms with Crippen LogP contribution in [-0.4, -0.2) is 31.6 Å². The molecule has 0 aliphatic carbocycles. The van der Waals surface area contributed by atoms with Gasteiger partial charge in [-0.1, -0.05) is 12.1 Å². The van der Waals surface area contributed by atoms with Gasteiger partial charge in [0.25, 0.3) is 5.91 Å². The maximum absolute atomic E-state index is 12.7. The van der Waals surface area contributed by atoms with Crippen LogP contribution in [-0.2, 0) is 0 Å². The molecule has 0 unspecified atom stereocenters. The molecule has 1 aromatic carbocycles. The van der Waals surface area contributed by atoms with Crippen LogP contribution in [0.25, 0.3) is 16.9 Å². The number of carbonyl (C=O) groups is 1. The molecule has 28 heavy (non-hydrogen) atoms. The molecule has 1 amide bonds. The van der Waals surface area contributed by atoms with Crippen molar-refractivity contribution in [2.24, 2.45) is 0 Å². The number of para-hydroxylation sites is 1. The zero-order valence-corrected chi connectivity index (χ0v) is 14.7. The molecule has 0 radical (unpaired) electrons. The molecule has 142 valence electrons. The van der Waals surface area contributed by atoms with Gasteiger partial charge in [0.05, 0.1) is 5.69 Å². The fourth-order valence-corrected chi connectivity index (χ4v) is 3.07. The monoisotopic (exact) mass is 405 g/mol. The van der Waals surface area contributed by atoms with Crippen molar-refractivity contribution in [3.8, 4) is 17.0 Å². The van der Waals surface area contributed by atoms with Crippen molar-refractivity contribution in [1.82, 2.24) is 19.4 Å². The number of carbonyl (C=O) groups excluding carboxylic acids is 1. The third-order valence-electron chi connectivity index (χ3n) is 3.63. The van der Waals surface area contributed by atoms with Crippen LogP contribution in [0, 0.1) is 0 Å². The van der Waals surface area contributed by atoms with E-state index in [-0.39, 0.29) is 28.3 Å². The van der Waals surface area contributed by atoms with Crippen molar-refractivity contribution in [3.63, 3.8) is 0 Å². The fourth-order valence-electron chi connectivity index (χ4n) is 2.54. The van der Waals surface area contributed by atoms with E-state index in [0.717, 1.165) is 0 Å². The highest BCUT2D eigenvalue weighted by molar-refractivity contribution is 7.13. The number of nitrogens with one attached hydrogen (secondary N) is 1. The van der Waals surface area contributed by atoms with E-state index in [4.69, 9.17) is 0 Å². The minimum absolute atomic E-state index is 0.0122. The molecule has 0 aliphatic heterocycles. The van der Waals surface area contributed by atoms with E-state index in [1.807, 2.05) is 0 Å². The number of amides is 1. The molecule has 0 aliphatic rings. The van der Waals surface area contributed by atoms with Crippen LogP contribution in [0.5, 0.6) is 5.75 Å². The smallest absolute Gasteiger partial charge is 0.405 e. The first-order chi connectivity index (χ1) is 13.4. The molecule has 0 atom stereocenters. The van der Waals surface area contributed by atoms with Crippen LogP contribution >= 0.6 is 11.3 Å². The van der Waals surface area contributed by atoms with E-state index in [1.54, 1.807) is 23.8 Å². The van der Waals surface area contributed by atoms with E-state index >= 15 is 0 Å². The van der Waals surface area contributed by atoms with Crippen molar-refractivity contribution in [1.29, 1.82) is 0 Å². The molecule has 3 aromatic heterocycles. The molecule has 0 bridgehead atoms. The number of ether oxygens (including phenoxy) is 1. The first-order valence-corrected chi connectivity index (χ1v) is 8.68. The maximum atomic E-state index is 12.7. The number of thiazole rings is 1. The molecule has 0 spiro atoms. The lowest BCUT2D eigenvalue weighted by Crippen LogP contribution is -2.17. The Morgan fingerprint density at radius 2 is 2.00 bits per heavy atom. The second-order valence-corrected chi connectivity index (χ2v) is 6.36. The summed E-state index contributed by atoms with van der Waals surface area (Å²) in [7, 11) is 0. The Balaban J connectivity index is 1.75. The van der Waals surface area contributed by atoms with Gasteiger partial charge in [-0.05, 0) is 12.1 Å². The van der Waals surface area contributed by atoms with Crippen LogP contribution in [0.3, 0.4) is 0 Å². The molecule has 7 nitrogen and oxygen atoms in total. The number of hydrogen-bond acceptors (Lipinski definition) is 6. The summed E-state index contributed by atoms with van der Waals surface area (Å²) in [5.74, 6) is -0.919. The van der Waals surface area contributed by atoms with E-state index in [9.17, 15) is 18.0 Å². The number of aromatic nitrogens is 4. The summed E-state index contributed by atoms with van der Waals surface area (Å²) in [6.45, 7) is 0. The molecule has 4 aromatic rings. The van der Waals surface area contributed by atoms with E-state index in [0.29, 0.717) is 5.13 Å². The van der Waals surface area contributed by atoms with E-state index < -0.39 is 12.3 Å². The Kier molecular flexibility index (Phi) is 4.43. The normalized spacial score (nSPS) is 11.5. The molecule has 3 heterocycles. The number of imidazole rings is 1. The number of rotatable bonds is 4. The third-order valence-corrected chi connectivity index (χ3v) is 4.32. The lowest BCUT2D eigenvalue weighted by atomic mass is 10.1. The Hall–Kier alpha value is -3.47. The minimum Gasteiger partial charge on any atom is -0.405 e. The van der Waals surface area contributed by atoms with Gasteiger partial charge in [-0.15, -0.1) is 24.5 Å². The molecule has 0 saturated carbocycles. The van der Waals surface area contributed by atoms with Crippen molar-refractivity contribution in [2.45, 2.75) is 6.36 Å². The zero-order chi connectivity index (χ0) is 19.7. The number of hydrogen-bond donors (Lipinski definition) is 1. The summed E-state index contributed by atoms with van der Waals surface area (Å²) in [6.07, 6.45) is 1.14. The van der Waals surface area contributed by atoms with Gasteiger partial charge < -0.3 is 9.14 Å². The number of benzene rings is 1. The van der Waals surface area contributed by atoms with Gasteiger partial charge in [0, 0.05) is 35.7 Å². The quantitative estimate of drug-likeness (QED) is 0.555. The highest BCUT2D eigenvalue weighted by Crippen LogP contribution is 2.33. The minimum atomic E-state index is -4.84. The topological polar surface area (TPSA) is 81.4 Å². The number of halogens is 3. The molecule has 0 fully saturated rings. The molecular formula is C17H10F3N5O2S. The lowest BCUT2D eigenvalue weighted by molar-refractivity contribution is -0.274. The number of anilines is 1. The van der Waals surface area contributed by atoms with Crippen LogP contribution in [0.2, 0.25) is 0 Å². The van der Waals surface area contributed by atoms with Crippen molar-refractivity contribution < 1.29 is 22.7 Å². The van der Waals surface area contributed by atoms with Crippen LogP contribution in [0.4, 0.5) is 18.3 Å². The Labute approximate surface area is 159 Å². The third kappa shape index (κ3) is 3.64. The first kappa shape index (κ1) is 17.9. The van der Waals surface area contributed by atoms with Gasteiger partial charge in [-0.3, -0.25) is 10.1 Å². The fraction of sp³-hybridized carbons (Fsp3) is 0.0588. The summed E-state index contributed by atoms with van der Waals surface area (Å²) in [4.78, 5) is 24.8. The van der Waals surface area contributed by atoms with Gasteiger partial charge in [-0.25, -0.2) is 15.0 Å². The van der Waals surface area contributed by atoms with Crippen LogP contribution < -0.4 is 10.1 Å². The van der Waals surface area contributed by atoms with Crippen LogP contribution in [0.1, 0.15) is 10.5 Å². The summed E-state index contributed by atoms with van der Waals surface area (Å²) >= 11 is 1.24. The molecule has 0 saturated heterocycles.